The van der Waals surface area contributed by atoms with Crippen LogP contribution in [-0.4, -0.2) is 27.3 Å². The van der Waals surface area contributed by atoms with Gasteiger partial charge in [-0.25, -0.2) is 0 Å². The minimum Gasteiger partial charge on any atom is -0.387 e. The molecule has 2 N–H and O–H groups in total. The van der Waals surface area contributed by atoms with E-state index >= 15 is 0 Å². The molecule has 1 aromatic heterocycles. The summed E-state index contributed by atoms with van der Waals surface area (Å²) in [5.41, 5.74) is 1.75. The molecule has 21 heavy (non-hydrogen) atoms. The topological polar surface area (TPSA) is 67.2 Å². The number of aliphatic hydroxyl groups is 1. The number of carbonyl (C=O) groups excluding carboxylic acids is 1. The van der Waals surface area contributed by atoms with E-state index in [0.29, 0.717) is 17.9 Å². The highest BCUT2D eigenvalue weighted by Crippen LogP contribution is 2.15. The second kappa shape index (κ2) is 7.24. The van der Waals surface area contributed by atoms with Gasteiger partial charge in [-0.3, -0.25) is 9.48 Å². The van der Waals surface area contributed by atoms with E-state index in [2.05, 4.69) is 10.4 Å². The van der Waals surface area contributed by atoms with Gasteiger partial charge in [0.15, 0.2) is 0 Å². The molecule has 0 aliphatic heterocycles. The predicted octanol–water partition coefficient (Wildman–Crippen LogP) is 1.86. The first-order chi connectivity index (χ1) is 10.0. The highest BCUT2D eigenvalue weighted by Gasteiger charge is 2.10. The maximum Gasteiger partial charge on any atom is 0.220 e. The van der Waals surface area contributed by atoms with Gasteiger partial charge in [0.2, 0.25) is 5.91 Å². The van der Waals surface area contributed by atoms with Crippen molar-refractivity contribution in [3.8, 4) is 0 Å². The SMILES string of the molecule is Cn1cc(CCC(=O)NCC(O)c2ccc(Cl)cc2)cn1. The molecular weight excluding hydrogens is 290 g/mol. The summed E-state index contributed by atoms with van der Waals surface area (Å²) in [5.74, 6) is -0.0909. The Bertz CT molecular complexity index is 595. The van der Waals surface area contributed by atoms with E-state index in [1.807, 2.05) is 13.2 Å². The molecule has 0 saturated carbocycles. The van der Waals surface area contributed by atoms with E-state index in [0.717, 1.165) is 11.1 Å². The van der Waals surface area contributed by atoms with Crippen LogP contribution in [0.25, 0.3) is 0 Å². The van der Waals surface area contributed by atoms with Crippen molar-refractivity contribution in [3.05, 3.63) is 52.8 Å². The number of benzene rings is 1. The van der Waals surface area contributed by atoms with Gasteiger partial charge < -0.3 is 10.4 Å². The van der Waals surface area contributed by atoms with Crippen molar-refractivity contribution in [3.63, 3.8) is 0 Å². The molecule has 0 fully saturated rings. The van der Waals surface area contributed by atoms with Crippen molar-refractivity contribution in [2.24, 2.45) is 7.05 Å². The molecule has 1 atom stereocenters. The number of aliphatic hydroxyl groups excluding tert-OH is 1. The molecule has 1 aromatic carbocycles. The highest BCUT2D eigenvalue weighted by atomic mass is 35.5. The molecule has 0 saturated heterocycles. The molecule has 0 bridgehead atoms. The van der Waals surface area contributed by atoms with Crippen LogP contribution in [0.3, 0.4) is 0 Å². The molecule has 6 heteroatoms. The molecule has 0 radical (unpaired) electrons. The summed E-state index contributed by atoms with van der Waals surface area (Å²) >= 11 is 5.79. The van der Waals surface area contributed by atoms with Crippen molar-refractivity contribution in [1.29, 1.82) is 0 Å². The zero-order valence-electron chi connectivity index (χ0n) is 11.8. The molecule has 0 aliphatic rings. The fraction of sp³-hybridized carbons (Fsp3) is 0.333. The van der Waals surface area contributed by atoms with Crippen LogP contribution >= 0.6 is 11.6 Å². The maximum absolute atomic E-state index is 11.7. The van der Waals surface area contributed by atoms with E-state index < -0.39 is 6.10 Å². The summed E-state index contributed by atoms with van der Waals surface area (Å²) in [7, 11) is 1.84. The predicted molar refractivity (Wildman–Crippen MR) is 81.0 cm³/mol. The number of hydrogen-bond donors (Lipinski definition) is 2. The first kappa shape index (κ1) is 15.5. The minimum atomic E-state index is -0.732. The van der Waals surface area contributed by atoms with Gasteiger partial charge in [-0.1, -0.05) is 23.7 Å². The van der Waals surface area contributed by atoms with Crippen LogP contribution in [-0.2, 0) is 18.3 Å². The lowest BCUT2D eigenvalue weighted by Crippen LogP contribution is -2.28. The normalized spacial score (nSPS) is 12.1. The third-order valence-corrected chi connectivity index (χ3v) is 3.40. The fourth-order valence-corrected chi connectivity index (χ4v) is 2.09. The Kier molecular flexibility index (Phi) is 5.36. The van der Waals surface area contributed by atoms with Gasteiger partial charge in [-0.15, -0.1) is 0 Å². The van der Waals surface area contributed by atoms with Crippen LogP contribution in [0.2, 0.25) is 5.02 Å². The fourth-order valence-electron chi connectivity index (χ4n) is 1.96. The van der Waals surface area contributed by atoms with Crippen molar-refractivity contribution in [2.75, 3.05) is 6.54 Å². The van der Waals surface area contributed by atoms with Gasteiger partial charge in [-0.2, -0.15) is 5.10 Å². The quantitative estimate of drug-likeness (QED) is 0.856. The average molecular weight is 308 g/mol. The molecule has 5 nitrogen and oxygen atoms in total. The summed E-state index contributed by atoms with van der Waals surface area (Å²) in [5, 5.41) is 17.4. The largest absolute Gasteiger partial charge is 0.387 e. The molecule has 0 spiro atoms. The van der Waals surface area contributed by atoms with Crippen LogP contribution in [0.4, 0.5) is 0 Å². The van der Waals surface area contributed by atoms with E-state index in [9.17, 15) is 9.90 Å². The van der Waals surface area contributed by atoms with Crippen LogP contribution in [0.1, 0.15) is 23.7 Å². The number of halogens is 1. The molecule has 1 unspecified atom stereocenters. The van der Waals surface area contributed by atoms with Crippen molar-refractivity contribution in [2.45, 2.75) is 18.9 Å². The van der Waals surface area contributed by atoms with Crippen LogP contribution in [0, 0.1) is 0 Å². The number of amides is 1. The summed E-state index contributed by atoms with van der Waals surface area (Å²) in [6.45, 7) is 0.188. The van der Waals surface area contributed by atoms with E-state index in [1.54, 1.807) is 35.1 Å². The summed E-state index contributed by atoms with van der Waals surface area (Å²) in [6.07, 6.45) is 3.91. The number of aryl methyl sites for hydroxylation is 2. The van der Waals surface area contributed by atoms with Crippen molar-refractivity contribution >= 4 is 17.5 Å². The maximum atomic E-state index is 11.7. The van der Waals surface area contributed by atoms with Gasteiger partial charge in [-0.05, 0) is 29.7 Å². The Labute approximate surface area is 128 Å². The summed E-state index contributed by atoms with van der Waals surface area (Å²) < 4.78 is 1.71. The number of aromatic nitrogens is 2. The molecular formula is C15H18ClN3O2. The third-order valence-electron chi connectivity index (χ3n) is 3.15. The second-order valence-corrected chi connectivity index (χ2v) is 5.33. The number of hydrogen-bond acceptors (Lipinski definition) is 3. The lowest BCUT2D eigenvalue weighted by Gasteiger charge is -2.12. The summed E-state index contributed by atoms with van der Waals surface area (Å²) in [6, 6.07) is 6.91. The molecule has 1 amide bonds. The summed E-state index contributed by atoms with van der Waals surface area (Å²) in [4.78, 5) is 11.7. The monoisotopic (exact) mass is 307 g/mol. The highest BCUT2D eigenvalue weighted by molar-refractivity contribution is 6.30. The van der Waals surface area contributed by atoms with Gasteiger partial charge in [0.25, 0.3) is 0 Å². The lowest BCUT2D eigenvalue weighted by molar-refractivity contribution is -0.121. The Hall–Kier alpha value is -1.85. The number of nitrogens with zero attached hydrogens (tertiary/aromatic N) is 2. The number of carbonyl (C=O) groups is 1. The third kappa shape index (κ3) is 4.88. The van der Waals surface area contributed by atoms with E-state index in [4.69, 9.17) is 11.6 Å². The molecule has 1 heterocycles. The smallest absolute Gasteiger partial charge is 0.220 e. The zero-order chi connectivity index (χ0) is 15.2. The molecule has 112 valence electrons. The van der Waals surface area contributed by atoms with E-state index in [1.165, 1.54) is 0 Å². The molecule has 2 aromatic rings. The lowest BCUT2D eigenvalue weighted by atomic mass is 10.1. The molecule has 2 rings (SSSR count). The Morgan fingerprint density at radius 2 is 2.14 bits per heavy atom. The van der Waals surface area contributed by atoms with Gasteiger partial charge in [0.05, 0.1) is 12.3 Å². The van der Waals surface area contributed by atoms with Crippen LogP contribution < -0.4 is 5.32 Å². The Morgan fingerprint density at radius 3 is 2.76 bits per heavy atom. The average Bonchev–Trinajstić information content (AvgIpc) is 2.89. The van der Waals surface area contributed by atoms with E-state index in [-0.39, 0.29) is 12.5 Å². The van der Waals surface area contributed by atoms with Crippen molar-refractivity contribution < 1.29 is 9.90 Å². The Balaban J connectivity index is 1.74. The van der Waals surface area contributed by atoms with Gasteiger partial charge in [0, 0.05) is 31.2 Å². The first-order valence-electron chi connectivity index (χ1n) is 6.72. The van der Waals surface area contributed by atoms with Crippen molar-refractivity contribution in [1.82, 2.24) is 15.1 Å². The standard InChI is InChI=1S/C15H18ClN3O2/c1-19-10-11(8-18-19)2-7-15(21)17-9-14(20)12-3-5-13(16)6-4-12/h3-6,8,10,14,20H,2,7,9H2,1H3,(H,17,21). The first-order valence-corrected chi connectivity index (χ1v) is 7.10. The Morgan fingerprint density at radius 1 is 1.43 bits per heavy atom. The zero-order valence-corrected chi connectivity index (χ0v) is 12.5. The van der Waals surface area contributed by atoms with Gasteiger partial charge >= 0.3 is 0 Å². The molecule has 0 aliphatic carbocycles. The van der Waals surface area contributed by atoms with Crippen LogP contribution in [0.15, 0.2) is 36.7 Å². The minimum absolute atomic E-state index is 0.0909. The van der Waals surface area contributed by atoms with Crippen LogP contribution in [0.5, 0.6) is 0 Å². The number of rotatable bonds is 6. The van der Waals surface area contributed by atoms with Gasteiger partial charge in [0.1, 0.15) is 0 Å². The number of nitrogens with one attached hydrogen (secondary N) is 1. The second-order valence-electron chi connectivity index (χ2n) is 4.89.